The first-order valence-corrected chi connectivity index (χ1v) is 4.97. The van der Waals surface area contributed by atoms with Gasteiger partial charge in [-0.25, -0.2) is 5.32 Å². The van der Waals surface area contributed by atoms with Gasteiger partial charge in [0.2, 0.25) is 5.91 Å². The lowest BCUT2D eigenvalue weighted by Gasteiger charge is -2.20. The molecule has 3 heteroatoms. The van der Waals surface area contributed by atoms with Crippen LogP contribution >= 0.6 is 15.9 Å². The fourth-order valence-corrected chi connectivity index (χ4v) is 1.92. The molecule has 2 nitrogen and oxygen atoms in total. The first-order chi connectivity index (χ1) is 6.18. The number of benzene rings is 1. The quantitative estimate of drug-likeness (QED) is 0.682. The van der Waals surface area contributed by atoms with Gasteiger partial charge in [0, 0.05) is 4.47 Å². The minimum Gasteiger partial charge on any atom is -0.272 e. The van der Waals surface area contributed by atoms with E-state index in [0.29, 0.717) is 6.54 Å². The van der Waals surface area contributed by atoms with Gasteiger partial charge in [-0.2, -0.15) is 0 Å². The Morgan fingerprint density at radius 2 is 2.31 bits per heavy atom. The second-order valence-electron chi connectivity index (χ2n) is 3.22. The van der Waals surface area contributed by atoms with E-state index < -0.39 is 0 Å². The summed E-state index contributed by atoms with van der Waals surface area (Å²) in [7, 11) is 0. The molecule has 1 aromatic carbocycles. The standard InChI is InChI=1S/C10H9BrNO/c1-6-9-4-8(11)3-2-7(9)5-12-10(6)13/h2-4,6H,5H2,1H3. The lowest BCUT2D eigenvalue weighted by molar-refractivity contribution is -0.123. The van der Waals surface area contributed by atoms with Crippen LogP contribution in [0.3, 0.4) is 0 Å². The summed E-state index contributed by atoms with van der Waals surface area (Å²) in [6, 6.07) is 6.01. The number of carbonyl (C=O) groups is 1. The van der Waals surface area contributed by atoms with Crippen LogP contribution in [0.15, 0.2) is 22.7 Å². The predicted molar refractivity (Wildman–Crippen MR) is 53.4 cm³/mol. The third-order valence-corrected chi connectivity index (χ3v) is 2.84. The Labute approximate surface area is 85.5 Å². The lowest BCUT2D eigenvalue weighted by atomic mass is 9.92. The molecule has 13 heavy (non-hydrogen) atoms. The van der Waals surface area contributed by atoms with Crippen molar-refractivity contribution < 1.29 is 4.79 Å². The monoisotopic (exact) mass is 238 g/mol. The summed E-state index contributed by atoms with van der Waals surface area (Å²) in [5.41, 5.74) is 2.27. The Kier molecular flexibility index (Phi) is 2.12. The van der Waals surface area contributed by atoms with Gasteiger partial charge in [0.05, 0.1) is 12.5 Å². The molecule has 0 fully saturated rings. The highest BCUT2D eigenvalue weighted by atomic mass is 79.9. The van der Waals surface area contributed by atoms with Crippen molar-refractivity contribution in [2.75, 3.05) is 0 Å². The van der Waals surface area contributed by atoms with E-state index >= 15 is 0 Å². The van der Waals surface area contributed by atoms with Crippen LogP contribution in [0.4, 0.5) is 0 Å². The average Bonchev–Trinajstić information content (AvgIpc) is 2.12. The van der Waals surface area contributed by atoms with E-state index in [4.69, 9.17) is 0 Å². The van der Waals surface area contributed by atoms with Gasteiger partial charge in [0.15, 0.2) is 0 Å². The summed E-state index contributed by atoms with van der Waals surface area (Å²) < 4.78 is 1.02. The third kappa shape index (κ3) is 1.48. The Hall–Kier alpha value is -0.830. The molecule has 0 saturated carbocycles. The number of fused-ring (bicyclic) bond motifs is 1. The van der Waals surface area contributed by atoms with Crippen LogP contribution < -0.4 is 5.32 Å². The smallest absolute Gasteiger partial charge is 0.248 e. The highest BCUT2D eigenvalue weighted by molar-refractivity contribution is 9.10. The number of hydrogen-bond acceptors (Lipinski definition) is 1. The van der Waals surface area contributed by atoms with Crippen molar-refractivity contribution in [1.82, 2.24) is 5.32 Å². The van der Waals surface area contributed by atoms with E-state index in [-0.39, 0.29) is 11.8 Å². The third-order valence-electron chi connectivity index (χ3n) is 2.35. The molecule has 0 bridgehead atoms. The SMILES string of the molecule is CC1C(=O)[N]Cc2ccc(Br)cc21. The summed E-state index contributed by atoms with van der Waals surface area (Å²) in [6.45, 7) is 2.43. The van der Waals surface area contributed by atoms with Crippen molar-refractivity contribution in [2.24, 2.45) is 0 Å². The molecule has 1 amide bonds. The molecule has 1 radical (unpaired) electrons. The molecule has 0 spiro atoms. The zero-order valence-electron chi connectivity index (χ0n) is 7.25. The molecule has 1 aliphatic rings. The Balaban J connectivity index is 2.51. The van der Waals surface area contributed by atoms with Crippen molar-refractivity contribution in [3.63, 3.8) is 0 Å². The van der Waals surface area contributed by atoms with E-state index in [2.05, 4.69) is 21.2 Å². The number of hydrogen-bond donors (Lipinski definition) is 0. The van der Waals surface area contributed by atoms with Crippen LogP contribution in [0.2, 0.25) is 0 Å². The molecule has 1 atom stereocenters. The molecule has 2 rings (SSSR count). The number of nitrogens with zero attached hydrogens (tertiary/aromatic N) is 1. The Morgan fingerprint density at radius 1 is 1.54 bits per heavy atom. The molecule has 1 unspecified atom stereocenters. The van der Waals surface area contributed by atoms with E-state index in [1.807, 2.05) is 25.1 Å². The molecule has 67 valence electrons. The predicted octanol–water partition coefficient (Wildman–Crippen LogP) is 2.20. The summed E-state index contributed by atoms with van der Waals surface area (Å²) in [4.78, 5) is 11.3. The zero-order chi connectivity index (χ0) is 9.42. The number of rotatable bonds is 0. The van der Waals surface area contributed by atoms with Crippen LogP contribution in [0.25, 0.3) is 0 Å². The number of amides is 1. The molecule has 1 aromatic rings. The molecular weight excluding hydrogens is 230 g/mol. The molecule has 0 aromatic heterocycles. The topological polar surface area (TPSA) is 31.2 Å². The van der Waals surface area contributed by atoms with Gasteiger partial charge >= 0.3 is 0 Å². The van der Waals surface area contributed by atoms with E-state index in [9.17, 15) is 4.79 Å². The molecule has 0 N–H and O–H groups in total. The van der Waals surface area contributed by atoms with Gasteiger partial charge in [0.25, 0.3) is 0 Å². The summed E-state index contributed by atoms with van der Waals surface area (Å²) in [5.74, 6) is -0.0909. The fraction of sp³-hybridized carbons (Fsp3) is 0.300. The Morgan fingerprint density at radius 3 is 3.08 bits per heavy atom. The second kappa shape index (κ2) is 3.14. The molecule has 0 aliphatic carbocycles. The lowest BCUT2D eigenvalue weighted by Crippen LogP contribution is -2.27. The molecular formula is C10H9BrNO. The normalized spacial score (nSPS) is 20.8. The summed E-state index contributed by atoms with van der Waals surface area (Å²) in [6.07, 6.45) is 0. The zero-order valence-corrected chi connectivity index (χ0v) is 8.84. The van der Waals surface area contributed by atoms with Crippen LogP contribution in [-0.4, -0.2) is 5.91 Å². The van der Waals surface area contributed by atoms with Crippen molar-refractivity contribution in [1.29, 1.82) is 0 Å². The molecule has 1 aliphatic heterocycles. The van der Waals surface area contributed by atoms with Crippen LogP contribution in [0.1, 0.15) is 24.0 Å². The summed E-state index contributed by atoms with van der Waals surface area (Å²) >= 11 is 3.40. The van der Waals surface area contributed by atoms with Crippen molar-refractivity contribution in [2.45, 2.75) is 19.4 Å². The minimum atomic E-state index is -0.0822. The fourth-order valence-electron chi connectivity index (χ4n) is 1.55. The van der Waals surface area contributed by atoms with Gasteiger partial charge in [-0.1, -0.05) is 22.0 Å². The maximum absolute atomic E-state index is 11.3. The first kappa shape index (κ1) is 8.75. The van der Waals surface area contributed by atoms with Gasteiger partial charge in [0.1, 0.15) is 0 Å². The highest BCUT2D eigenvalue weighted by Gasteiger charge is 2.24. The van der Waals surface area contributed by atoms with Gasteiger partial charge < -0.3 is 0 Å². The average molecular weight is 239 g/mol. The minimum absolute atomic E-state index is 0.00870. The second-order valence-corrected chi connectivity index (χ2v) is 4.13. The van der Waals surface area contributed by atoms with Gasteiger partial charge in [-0.3, -0.25) is 4.79 Å². The van der Waals surface area contributed by atoms with Crippen molar-refractivity contribution in [3.05, 3.63) is 33.8 Å². The van der Waals surface area contributed by atoms with Crippen LogP contribution in [-0.2, 0) is 11.3 Å². The number of halogens is 1. The highest BCUT2D eigenvalue weighted by Crippen LogP contribution is 2.27. The van der Waals surface area contributed by atoms with Crippen LogP contribution in [0.5, 0.6) is 0 Å². The first-order valence-electron chi connectivity index (χ1n) is 4.18. The summed E-state index contributed by atoms with van der Waals surface area (Å²) in [5, 5.41) is 3.93. The van der Waals surface area contributed by atoms with Crippen molar-refractivity contribution >= 4 is 21.8 Å². The largest absolute Gasteiger partial charge is 0.272 e. The van der Waals surface area contributed by atoms with E-state index in [1.54, 1.807) is 0 Å². The van der Waals surface area contributed by atoms with Crippen LogP contribution in [0, 0.1) is 0 Å². The van der Waals surface area contributed by atoms with Gasteiger partial charge in [-0.15, -0.1) is 0 Å². The molecule has 1 heterocycles. The van der Waals surface area contributed by atoms with E-state index in [0.717, 1.165) is 15.6 Å². The van der Waals surface area contributed by atoms with Crippen molar-refractivity contribution in [3.8, 4) is 0 Å². The Bertz CT molecular complexity index is 362. The van der Waals surface area contributed by atoms with Gasteiger partial charge in [-0.05, 0) is 30.2 Å². The number of carbonyl (C=O) groups excluding carboxylic acids is 1. The maximum Gasteiger partial charge on any atom is 0.248 e. The maximum atomic E-state index is 11.3. The molecule has 0 saturated heterocycles. The van der Waals surface area contributed by atoms with E-state index in [1.165, 1.54) is 0 Å².